The molecule has 1 saturated heterocycles. The first-order valence-corrected chi connectivity index (χ1v) is 10.9. The maximum Gasteiger partial charge on any atom is 0.235 e. The zero-order chi connectivity index (χ0) is 21.5. The molecule has 2 aromatic carbocycles. The van der Waals surface area contributed by atoms with E-state index < -0.39 is 5.92 Å². The van der Waals surface area contributed by atoms with E-state index >= 15 is 0 Å². The van der Waals surface area contributed by atoms with E-state index in [1.807, 2.05) is 48.5 Å². The Morgan fingerprint density at radius 1 is 1.23 bits per heavy atom. The number of allylic oxidation sites excluding steroid dienone is 1. The first-order chi connectivity index (χ1) is 14.5. The van der Waals surface area contributed by atoms with Crippen molar-refractivity contribution in [1.82, 2.24) is 10.2 Å². The molecule has 1 atom stereocenters. The third kappa shape index (κ3) is 5.51. The van der Waals surface area contributed by atoms with E-state index in [0.717, 1.165) is 23.1 Å². The van der Waals surface area contributed by atoms with Crippen molar-refractivity contribution in [3.63, 3.8) is 0 Å². The fourth-order valence-electron chi connectivity index (χ4n) is 3.92. The van der Waals surface area contributed by atoms with Gasteiger partial charge in [-0.25, -0.2) is 0 Å². The minimum Gasteiger partial charge on any atom is -0.355 e. The lowest BCUT2D eigenvalue weighted by molar-refractivity contribution is -0.138. The van der Waals surface area contributed by atoms with Crippen LogP contribution in [0, 0.1) is 12.8 Å². The molecule has 1 aliphatic heterocycles. The van der Waals surface area contributed by atoms with Gasteiger partial charge < -0.3 is 10.2 Å². The Hall–Kier alpha value is -2.59. The van der Waals surface area contributed by atoms with Crippen molar-refractivity contribution in [2.75, 3.05) is 13.1 Å². The molecule has 0 saturated carbocycles. The van der Waals surface area contributed by atoms with Crippen LogP contribution in [0.4, 0.5) is 0 Å². The fourth-order valence-corrected chi connectivity index (χ4v) is 4.09. The first kappa shape index (κ1) is 22.1. The molecule has 4 nitrogen and oxygen atoms in total. The Kier molecular flexibility index (Phi) is 7.69. The number of nitrogens with zero attached hydrogens (tertiary/aromatic N) is 1. The van der Waals surface area contributed by atoms with Gasteiger partial charge in [-0.3, -0.25) is 9.59 Å². The molecule has 1 unspecified atom stereocenters. The maximum absolute atomic E-state index is 12.7. The summed E-state index contributed by atoms with van der Waals surface area (Å²) in [5, 5.41) is 3.68. The van der Waals surface area contributed by atoms with Gasteiger partial charge in [0.05, 0.1) is 0 Å². The number of likely N-dealkylation sites (tertiary alicyclic amines) is 1. The first-order valence-electron chi connectivity index (χ1n) is 10.6. The monoisotopic (exact) mass is 424 g/mol. The second-order valence-electron chi connectivity index (χ2n) is 7.72. The molecular weight excluding hydrogens is 396 g/mol. The van der Waals surface area contributed by atoms with Gasteiger partial charge in [0.25, 0.3) is 0 Å². The Morgan fingerprint density at radius 3 is 2.73 bits per heavy atom. The van der Waals surface area contributed by atoms with Crippen LogP contribution in [0.15, 0.2) is 54.6 Å². The van der Waals surface area contributed by atoms with Crippen LogP contribution in [0.3, 0.4) is 0 Å². The number of benzene rings is 2. The third-order valence-corrected chi connectivity index (χ3v) is 5.75. The lowest BCUT2D eigenvalue weighted by Gasteiger charge is -2.17. The summed E-state index contributed by atoms with van der Waals surface area (Å²) < 4.78 is 0. The minimum absolute atomic E-state index is 0.0774. The summed E-state index contributed by atoms with van der Waals surface area (Å²) in [6.45, 7) is 5.83. The number of carbonyl (C=O) groups is 2. The molecule has 0 aliphatic carbocycles. The number of rotatable bonds is 8. The van der Waals surface area contributed by atoms with E-state index in [1.165, 1.54) is 5.57 Å². The van der Waals surface area contributed by atoms with Crippen molar-refractivity contribution in [3.8, 4) is 0 Å². The number of amides is 2. The highest BCUT2D eigenvalue weighted by Gasteiger charge is 2.36. The molecule has 0 radical (unpaired) electrons. The summed E-state index contributed by atoms with van der Waals surface area (Å²) in [5.41, 5.74) is 4.52. The van der Waals surface area contributed by atoms with E-state index in [9.17, 15) is 9.59 Å². The summed E-state index contributed by atoms with van der Waals surface area (Å²) in [6, 6.07) is 15.8. The number of carbonyl (C=O) groups excluding carboxylic acids is 2. The Morgan fingerprint density at radius 2 is 2.00 bits per heavy atom. The van der Waals surface area contributed by atoms with Gasteiger partial charge in [-0.15, -0.1) is 0 Å². The summed E-state index contributed by atoms with van der Waals surface area (Å²) in [6.07, 6.45) is 4.36. The van der Waals surface area contributed by atoms with Gasteiger partial charge in [0.15, 0.2) is 0 Å². The third-order valence-electron chi connectivity index (χ3n) is 5.52. The van der Waals surface area contributed by atoms with E-state index in [4.69, 9.17) is 11.6 Å². The molecular formula is C25H29ClN2O2. The van der Waals surface area contributed by atoms with Crippen molar-refractivity contribution in [2.24, 2.45) is 5.92 Å². The Balaban J connectivity index is 1.55. The van der Waals surface area contributed by atoms with Crippen LogP contribution in [0.5, 0.6) is 0 Å². The molecule has 1 fully saturated rings. The average molecular weight is 425 g/mol. The van der Waals surface area contributed by atoms with Crippen molar-refractivity contribution >= 4 is 29.0 Å². The molecule has 5 heteroatoms. The smallest absolute Gasteiger partial charge is 0.235 e. The van der Waals surface area contributed by atoms with Crippen LogP contribution < -0.4 is 5.32 Å². The SMILES string of the molecule is CC/C=C(/CCNC(=O)C1CCN(Cc2ccccc2)C1=O)c1cc(Cl)ccc1C. The Bertz CT molecular complexity index is 924. The van der Waals surface area contributed by atoms with Crippen LogP contribution in [0.1, 0.15) is 42.9 Å². The van der Waals surface area contributed by atoms with Crippen molar-refractivity contribution in [1.29, 1.82) is 0 Å². The lowest BCUT2D eigenvalue weighted by Crippen LogP contribution is -2.37. The molecule has 1 aliphatic rings. The maximum atomic E-state index is 12.7. The van der Waals surface area contributed by atoms with Crippen LogP contribution >= 0.6 is 11.6 Å². The highest BCUT2D eigenvalue weighted by Crippen LogP contribution is 2.26. The Labute approximate surface area is 183 Å². The quantitative estimate of drug-likeness (QED) is 0.606. The molecule has 0 aromatic heterocycles. The second kappa shape index (κ2) is 10.4. The van der Waals surface area contributed by atoms with Crippen molar-refractivity contribution < 1.29 is 9.59 Å². The molecule has 158 valence electrons. The molecule has 0 spiro atoms. The van der Waals surface area contributed by atoms with E-state index in [1.54, 1.807) is 4.90 Å². The zero-order valence-electron chi connectivity index (χ0n) is 17.7. The van der Waals surface area contributed by atoms with Gasteiger partial charge in [-0.2, -0.15) is 0 Å². The standard InChI is InChI=1S/C25H29ClN2O2/c1-3-7-20(23-16-21(26)11-10-18(23)2)12-14-27-24(29)22-13-15-28(25(22)30)17-19-8-5-4-6-9-19/h4-11,16,22H,3,12-15,17H2,1-2H3,(H,27,29)/b20-7-. The van der Waals surface area contributed by atoms with Gasteiger partial charge in [0.1, 0.15) is 5.92 Å². The van der Waals surface area contributed by atoms with E-state index in [2.05, 4.69) is 25.2 Å². The molecule has 30 heavy (non-hydrogen) atoms. The van der Waals surface area contributed by atoms with E-state index in [0.29, 0.717) is 37.5 Å². The van der Waals surface area contributed by atoms with E-state index in [-0.39, 0.29) is 11.8 Å². The number of hydrogen-bond donors (Lipinski definition) is 1. The molecule has 2 aromatic rings. The molecule has 1 N–H and O–H groups in total. The highest BCUT2D eigenvalue weighted by atomic mass is 35.5. The number of aryl methyl sites for hydroxylation is 1. The molecule has 3 rings (SSSR count). The van der Waals surface area contributed by atoms with Gasteiger partial charge in [-0.05, 0) is 60.6 Å². The number of nitrogens with one attached hydrogen (secondary N) is 1. The topological polar surface area (TPSA) is 49.4 Å². The molecule has 1 heterocycles. The number of halogens is 1. The normalized spacial score (nSPS) is 16.8. The second-order valence-corrected chi connectivity index (χ2v) is 8.16. The lowest BCUT2D eigenvalue weighted by atomic mass is 9.97. The summed E-state index contributed by atoms with van der Waals surface area (Å²) >= 11 is 6.18. The summed E-state index contributed by atoms with van der Waals surface area (Å²) in [5.74, 6) is -0.833. The molecule has 2 amide bonds. The van der Waals surface area contributed by atoms with Crippen LogP contribution in [-0.4, -0.2) is 29.8 Å². The van der Waals surface area contributed by atoms with Gasteiger partial charge in [0, 0.05) is 24.7 Å². The zero-order valence-corrected chi connectivity index (χ0v) is 18.4. The molecule has 0 bridgehead atoms. The highest BCUT2D eigenvalue weighted by molar-refractivity contribution is 6.30. The van der Waals surface area contributed by atoms with Crippen molar-refractivity contribution in [2.45, 2.75) is 39.7 Å². The van der Waals surface area contributed by atoms with Gasteiger partial charge in [0.2, 0.25) is 11.8 Å². The number of hydrogen-bond acceptors (Lipinski definition) is 2. The predicted molar refractivity (Wildman–Crippen MR) is 122 cm³/mol. The summed E-state index contributed by atoms with van der Waals surface area (Å²) in [7, 11) is 0. The van der Waals surface area contributed by atoms with Crippen LogP contribution in [-0.2, 0) is 16.1 Å². The van der Waals surface area contributed by atoms with Crippen molar-refractivity contribution in [3.05, 3.63) is 76.3 Å². The van der Waals surface area contributed by atoms with Gasteiger partial charge >= 0.3 is 0 Å². The predicted octanol–water partition coefficient (Wildman–Crippen LogP) is 5.00. The minimum atomic E-state index is -0.583. The summed E-state index contributed by atoms with van der Waals surface area (Å²) in [4.78, 5) is 27.1. The van der Waals surface area contributed by atoms with Gasteiger partial charge in [-0.1, -0.05) is 61.0 Å². The average Bonchev–Trinajstić information content (AvgIpc) is 3.10. The largest absolute Gasteiger partial charge is 0.355 e. The van der Waals surface area contributed by atoms with Crippen LogP contribution in [0.25, 0.3) is 5.57 Å². The van der Waals surface area contributed by atoms with Crippen LogP contribution in [0.2, 0.25) is 5.02 Å². The fraction of sp³-hybridized carbons (Fsp3) is 0.360.